The molecular formula is C19H18N4O3. The van der Waals surface area contributed by atoms with Crippen LogP contribution < -0.4 is 5.56 Å². The second-order valence-electron chi connectivity index (χ2n) is 5.91. The van der Waals surface area contributed by atoms with Crippen molar-refractivity contribution in [2.24, 2.45) is 0 Å². The van der Waals surface area contributed by atoms with Crippen molar-refractivity contribution >= 4 is 5.97 Å². The minimum Gasteiger partial charge on any atom is -0.464 e. The van der Waals surface area contributed by atoms with Gasteiger partial charge >= 0.3 is 5.97 Å². The van der Waals surface area contributed by atoms with Crippen LogP contribution in [0.2, 0.25) is 0 Å². The lowest BCUT2D eigenvalue weighted by atomic mass is 10.1. The molecule has 132 valence electrons. The number of nitrogens with zero attached hydrogens (tertiary/aromatic N) is 4. The third-order valence-electron chi connectivity index (χ3n) is 3.77. The summed E-state index contributed by atoms with van der Waals surface area (Å²) in [5.74, 6) is -0.568. The zero-order chi connectivity index (χ0) is 18.7. The summed E-state index contributed by atoms with van der Waals surface area (Å²) in [7, 11) is 1.29. The number of hydrogen-bond acceptors (Lipinski definition) is 6. The summed E-state index contributed by atoms with van der Waals surface area (Å²) in [4.78, 5) is 32.6. The number of rotatable bonds is 4. The van der Waals surface area contributed by atoms with E-state index in [9.17, 15) is 9.59 Å². The van der Waals surface area contributed by atoms with E-state index >= 15 is 0 Å². The topological polar surface area (TPSA) is 87.0 Å². The quantitative estimate of drug-likeness (QED) is 0.673. The highest BCUT2D eigenvalue weighted by atomic mass is 16.5. The van der Waals surface area contributed by atoms with E-state index in [0.29, 0.717) is 17.1 Å². The van der Waals surface area contributed by atoms with Gasteiger partial charge in [0.2, 0.25) is 0 Å². The lowest BCUT2D eigenvalue weighted by molar-refractivity contribution is 0.0593. The van der Waals surface area contributed by atoms with Crippen molar-refractivity contribution in [2.75, 3.05) is 7.11 Å². The fraction of sp³-hybridized carbons (Fsp3) is 0.211. The van der Waals surface area contributed by atoms with E-state index in [4.69, 9.17) is 4.74 Å². The number of aromatic nitrogens is 4. The molecule has 2 heterocycles. The van der Waals surface area contributed by atoms with Gasteiger partial charge in [-0.3, -0.25) is 4.79 Å². The maximum absolute atomic E-state index is 12.0. The highest BCUT2D eigenvalue weighted by molar-refractivity contribution is 5.88. The predicted octanol–water partition coefficient (Wildman–Crippen LogP) is 2.73. The molecule has 0 N–H and O–H groups in total. The van der Waals surface area contributed by atoms with Gasteiger partial charge in [0.05, 0.1) is 25.0 Å². The van der Waals surface area contributed by atoms with Gasteiger partial charge in [-0.15, -0.1) is 0 Å². The van der Waals surface area contributed by atoms with E-state index in [1.54, 1.807) is 6.07 Å². The minimum absolute atomic E-state index is 0.0927. The Morgan fingerprint density at radius 1 is 1.08 bits per heavy atom. The number of hydrogen-bond donors (Lipinski definition) is 0. The van der Waals surface area contributed by atoms with E-state index in [1.807, 2.05) is 44.2 Å². The zero-order valence-electron chi connectivity index (χ0n) is 14.7. The number of ether oxygens (including phenoxy) is 1. The Morgan fingerprint density at radius 3 is 2.46 bits per heavy atom. The smallest absolute Gasteiger partial charge is 0.358 e. The molecule has 0 spiro atoms. The maximum Gasteiger partial charge on any atom is 0.358 e. The Kier molecular flexibility index (Phi) is 4.88. The average Bonchev–Trinajstić information content (AvgIpc) is 2.68. The zero-order valence-corrected chi connectivity index (χ0v) is 14.7. The van der Waals surface area contributed by atoms with Crippen LogP contribution in [0.3, 0.4) is 0 Å². The largest absolute Gasteiger partial charge is 0.464 e. The summed E-state index contributed by atoms with van der Waals surface area (Å²) in [5.41, 5.74) is 2.18. The lowest BCUT2D eigenvalue weighted by Gasteiger charge is -2.12. The van der Waals surface area contributed by atoms with Gasteiger partial charge in [-0.25, -0.2) is 19.4 Å². The van der Waals surface area contributed by atoms with E-state index in [-0.39, 0.29) is 17.3 Å². The molecule has 0 fully saturated rings. The molecule has 0 aliphatic carbocycles. The van der Waals surface area contributed by atoms with Crippen LogP contribution in [-0.4, -0.2) is 32.8 Å². The number of carbonyl (C=O) groups excluding carboxylic acids is 1. The van der Waals surface area contributed by atoms with Crippen LogP contribution in [0.4, 0.5) is 0 Å². The summed E-state index contributed by atoms with van der Waals surface area (Å²) in [6.45, 7) is 3.75. The number of carbonyl (C=O) groups is 1. The first-order valence-electron chi connectivity index (χ1n) is 8.12. The molecule has 7 nitrogen and oxygen atoms in total. The van der Waals surface area contributed by atoms with Crippen LogP contribution >= 0.6 is 0 Å². The monoisotopic (exact) mass is 350 g/mol. The predicted molar refractivity (Wildman–Crippen MR) is 96.7 cm³/mol. The SMILES string of the molecule is COC(=O)c1cnc(-c2ccc(=O)n(C(C)C)n2)c(-c2ccccc2)n1. The number of esters is 1. The van der Waals surface area contributed by atoms with Crippen LogP contribution in [0.25, 0.3) is 22.6 Å². The van der Waals surface area contributed by atoms with Gasteiger partial charge in [-0.05, 0) is 19.9 Å². The molecular weight excluding hydrogens is 332 g/mol. The van der Waals surface area contributed by atoms with E-state index in [0.717, 1.165) is 5.56 Å². The second kappa shape index (κ2) is 7.26. The van der Waals surface area contributed by atoms with Crippen LogP contribution in [-0.2, 0) is 4.74 Å². The van der Waals surface area contributed by atoms with Crippen molar-refractivity contribution in [1.82, 2.24) is 19.7 Å². The molecule has 3 rings (SSSR count). The fourth-order valence-electron chi connectivity index (χ4n) is 2.50. The van der Waals surface area contributed by atoms with Crippen LogP contribution in [0.15, 0.2) is 53.5 Å². The number of benzene rings is 1. The van der Waals surface area contributed by atoms with Gasteiger partial charge in [0.15, 0.2) is 5.69 Å². The van der Waals surface area contributed by atoms with Crippen LogP contribution in [0, 0.1) is 0 Å². The van der Waals surface area contributed by atoms with Crippen molar-refractivity contribution < 1.29 is 9.53 Å². The van der Waals surface area contributed by atoms with Crippen molar-refractivity contribution in [3.63, 3.8) is 0 Å². The molecule has 0 aliphatic rings. The van der Waals surface area contributed by atoms with Crippen molar-refractivity contribution in [3.8, 4) is 22.6 Å². The summed E-state index contributed by atoms with van der Waals surface area (Å²) in [6.07, 6.45) is 1.35. The second-order valence-corrected chi connectivity index (χ2v) is 5.91. The van der Waals surface area contributed by atoms with Crippen molar-refractivity contribution in [1.29, 1.82) is 0 Å². The molecule has 0 bridgehead atoms. The molecule has 0 saturated carbocycles. The van der Waals surface area contributed by atoms with Gasteiger partial charge in [0.1, 0.15) is 11.4 Å². The van der Waals surface area contributed by atoms with Gasteiger partial charge in [-0.2, -0.15) is 5.10 Å². The van der Waals surface area contributed by atoms with Gasteiger partial charge < -0.3 is 4.74 Å². The van der Waals surface area contributed by atoms with E-state index in [2.05, 4.69) is 15.1 Å². The third kappa shape index (κ3) is 3.37. The Hall–Kier alpha value is -3.35. The lowest BCUT2D eigenvalue weighted by Crippen LogP contribution is -2.24. The van der Waals surface area contributed by atoms with Gasteiger partial charge in [0.25, 0.3) is 5.56 Å². The third-order valence-corrected chi connectivity index (χ3v) is 3.77. The molecule has 0 saturated heterocycles. The first kappa shape index (κ1) is 17.5. The fourth-order valence-corrected chi connectivity index (χ4v) is 2.50. The van der Waals surface area contributed by atoms with Crippen LogP contribution in [0.5, 0.6) is 0 Å². The Balaban J connectivity index is 2.23. The molecule has 0 radical (unpaired) electrons. The Morgan fingerprint density at radius 2 is 1.81 bits per heavy atom. The molecule has 0 unspecified atom stereocenters. The molecule has 0 atom stereocenters. The molecule has 0 aliphatic heterocycles. The molecule has 1 aromatic carbocycles. The maximum atomic E-state index is 12.0. The van der Waals surface area contributed by atoms with Crippen molar-refractivity contribution in [2.45, 2.75) is 19.9 Å². The average molecular weight is 350 g/mol. The summed E-state index contributed by atoms with van der Waals surface area (Å²) in [5, 5.41) is 4.41. The molecule has 7 heteroatoms. The normalized spacial score (nSPS) is 10.8. The van der Waals surface area contributed by atoms with Crippen LogP contribution in [0.1, 0.15) is 30.4 Å². The Labute approximate surface area is 150 Å². The van der Waals surface area contributed by atoms with Gasteiger partial charge in [-0.1, -0.05) is 30.3 Å². The van der Waals surface area contributed by atoms with Gasteiger partial charge in [0, 0.05) is 11.6 Å². The first-order chi connectivity index (χ1) is 12.5. The van der Waals surface area contributed by atoms with E-state index in [1.165, 1.54) is 24.1 Å². The standard InChI is InChI=1S/C19H18N4O3/c1-12(2)23-16(24)10-9-14(22-23)18-17(13-7-5-4-6-8-13)21-15(11-20-18)19(25)26-3/h4-12H,1-3H3. The first-order valence-corrected chi connectivity index (χ1v) is 8.12. The molecule has 3 aromatic rings. The minimum atomic E-state index is -0.568. The molecule has 0 amide bonds. The summed E-state index contributed by atoms with van der Waals surface area (Å²) >= 11 is 0. The summed E-state index contributed by atoms with van der Waals surface area (Å²) < 4.78 is 6.13. The molecule has 26 heavy (non-hydrogen) atoms. The number of methoxy groups -OCH3 is 1. The highest BCUT2D eigenvalue weighted by Crippen LogP contribution is 2.27. The van der Waals surface area contributed by atoms with E-state index < -0.39 is 5.97 Å². The molecule has 2 aromatic heterocycles. The van der Waals surface area contributed by atoms with Crippen molar-refractivity contribution in [3.05, 3.63) is 64.7 Å². The Bertz CT molecular complexity index is 997. The summed E-state index contributed by atoms with van der Waals surface area (Å²) in [6, 6.07) is 12.3. The highest BCUT2D eigenvalue weighted by Gasteiger charge is 2.18.